The molecule has 0 unspecified atom stereocenters. The number of nitrogens with one attached hydrogen (secondary N) is 2. The zero-order valence-corrected chi connectivity index (χ0v) is 13.8. The molecule has 3 aromatic carbocycles. The Balaban J connectivity index is 2.01. The van der Waals surface area contributed by atoms with Crippen molar-refractivity contribution < 1.29 is 0 Å². The van der Waals surface area contributed by atoms with Crippen LogP contribution in [0, 0.1) is 0 Å². The minimum Gasteiger partial charge on any atom is -0.354 e. The van der Waals surface area contributed by atoms with Crippen LogP contribution in [0.25, 0.3) is 43.6 Å². The molecule has 2 aromatic heterocycles. The Morgan fingerprint density at radius 2 is 1.35 bits per heavy atom. The molecule has 0 aliphatic heterocycles. The number of H-pyrrole nitrogens is 2. The molecule has 0 aliphatic carbocycles. The number of rotatable bonds is 1. The van der Waals surface area contributed by atoms with E-state index in [1.807, 2.05) is 36.4 Å². The number of fused-ring (bicyclic) bond motifs is 4. The lowest BCUT2D eigenvalue weighted by Crippen LogP contribution is -2.10. The molecule has 0 radical (unpaired) electrons. The van der Waals surface area contributed by atoms with Crippen LogP contribution in [0.5, 0.6) is 0 Å². The summed E-state index contributed by atoms with van der Waals surface area (Å²) in [6.07, 6.45) is 0. The number of pyridine rings is 2. The lowest BCUT2D eigenvalue weighted by atomic mass is 10.0. The largest absolute Gasteiger partial charge is 0.354 e. The van der Waals surface area contributed by atoms with E-state index in [0.717, 1.165) is 16.6 Å². The van der Waals surface area contributed by atoms with Crippen LogP contribution in [-0.2, 0) is 6.54 Å². The smallest absolute Gasteiger partial charge is 0.197 e. The van der Waals surface area contributed by atoms with Crippen LogP contribution < -0.4 is 16.6 Å². The number of hydrogen-bond donors (Lipinski definition) is 3. The molecule has 0 saturated heterocycles. The van der Waals surface area contributed by atoms with Crippen LogP contribution in [0.15, 0.2) is 64.2 Å². The summed E-state index contributed by atoms with van der Waals surface area (Å²) in [7, 11) is 0. The molecule has 4 N–H and O–H groups in total. The quantitative estimate of drug-likeness (QED) is 0.409. The van der Waals surface area contributed by atoms with E-state index in [1.165, 1.54) is 0 Å². The number of nitrogens with two attached hydrogens (primary N) is 1. The standard InChI is InChI=1S/C21H15N3O2/c22-10-11-4-3-7-16-19(11)21(26)14-9-17-13(8-18(14)24-16)20(25)12-5-1-2-6-15(12)23-17/h1-9H,10,22H2,(H,23,25)(H,24,26). The van der Waals surface area contributed by atoms with Crippen molar-refractivity contribution in [2.75, 3.05) is 0 Å². The second-order valence-electron chi connectivity index (χ2n) is 6.44. The van der Waals surface area contributed by atoms with Crippen molar-refractivity contribution in [3.63, 3.8) is 0 Å². The van der Waals surface area contributed by atoms with E-state index in [2.05, 4.69) is 9.97 Å². The van der Waals surface area contributed by atoms with Crippen molar-refractivity contribution >= 4 is 43.6 Å². The van der Waals surface area contributed by atoms with Crippen molar-refractivity contribution in [1.29, 1.82) is 0 Å². The maximum Gasteiger partial charge on any atom is 0.197 e. The first kappa shape index (κ1) is 14.9. The molecular weight excluding hydrogens is 326 g/mol. The Morgan fingerprint density at radius 1 is 0.692 bits per heavy atom. The molecule has 126 valence electrons. The number of hydrogen-bond acceptors (Lipinski definition) is 3. The van der Waals surface area contributed by atoms with E-state index < -0.39 is 0 Å². The SMILES string of the molecule is NCc1cccc2[nH]c3cc4c(=O)c5ccccc5[nH]c4cc3c(=O)c12. The summed E-state index contributed by atoms with van der Waals surface area (Å²) in [5, 5.41) is 2.33. The maximum atomic E-state index is 13.1. The second kappa shape index (κ2) is 5.28. The summed E-state index contributed by atoms with van der Waals surface area (Å²) in [6.45, 7) is 0.293. The third-order valence-electron chi connectivity index (χ3n) is 4.96. The summed E-state index contributed by atoms with van der Waals surface area (Å²) < 4.78 is 0. The Bertz CT molecular complexity index is 1460. The summed E-state index contributed by atoms with van der Waals surface area (Å²) in [5.41, 5.74) is 9.25. The summed E-state index contributed by atoms with van der Waals surface area (Å²) in [5.74, 6) is 0. The topological polar surface area (TPSA) is 91.7 Å². The minimum atomic E-state index is -0.0780. The minimum absolute atomic E-state index is 0.0482. The fraction of sp³-hybridized carbons (Fsp3) is 0.0476. The van der Waals surface area contributed by atoms with Gasteiger partial charge in [-0.3, -0.25) is 9.59 Å². The van der Waals surface area contributed by atoms with Crippen LogP contribution in [0.1, 0.15) is 5.56 Å². The van der Waals surface area contributed by atoms with Gasteiger partial charge in [-0.25, -0.2) is 0 Å². The molecule has 5 nitrogen and oxygen atoms in total. The predicted molar refractivity (Wildman–Crippen MR) is 106 cm³/mol. The highest BCUT2D eigenvalue weighted by atomic mass is 16.1. The maximum absolute atomic E-state index is 13.1. The molecule has 26 heavy (non-hydrogen) atoms. The average Bonchev–Trinajstić information content (AvgIpc) is 2.67. The zero-order chi connectivity index (χ0) is 17.8. The zero-order valence-electron chi connectivity index (χ0n) is 13.8. The van der Waals surface area contributed by atoms with Gasteiger partial charge in [0.15, 0.2) is 10.9 Å². The molecule has 0 atom stereocenters. The Labute approximate surface area is 147 Å². The van der Waals surface area contributed by atoms with Gasteiger partial charge in [0.2, 0.25) is 0 Å². The summed E-state index contributed by atoms with van der Waals surface area (Å²) in [6, 6.07) is 16.5. The first-order chi connectivity index (χ1) is 12.7. The fourth-order valence-corrected chi connectivity index (χ4v) is 3.68. The van der Waals surface area contributed by atoms with Gasteiger partial charge in [0.25, 0.3) is 0 Å². The van der Waals surface area contributed by atoms with Crippen molar-refractivity contribution in [2.24, 2.45) is 5.73 Å². The van der Waals surface area contributed by atoms with E-state index in [4.69, 9.17) is 5.73 Å². The molecule has 0 saturated carbocycles. The van der Waals surface area contributed by atoms with Gasteiger partial charge in [-0.05, 0) is 35.9 Å². The van der Waals surface area contributed by atoms with Gasteiger partial charge < -0.3 is 15.7 Å². The summed E-state index contributed by atoms with van der Waals surface area (Å²) in [4.78, 5) is 32.5. The number of aromatic nitrogens is 2. The van der Waals surface area contributed by atoms with Gasteiger partial charge in [0.05, 0.1) is 21.9 Å². The van der Waals surface area contributed by atoms with Crippen molar-refractivity contribution in [3.8, 4) is 0 Å². The van der Waals surface area contributed by atoms with Crippen LogP contribution in [0.2, 0.25) is 0 Å². The van der Waals surface area contributed by atoms with E-state index in [9.17, 15) is 9.59 Å². The Hall–Kier alpha value is -3.44. The second-order valence-corrected chi connectivity index (χ2v) is 6.44. The number of para-hydroxylation sites is 1. The van der Waals surface area contributed by atoms with Gasteiger partial charge in [0, 0.05) is 28.2 Å². The van der Waals surface area contributed by atoms with Crippen LogP contribution in [-0.4, -0.2) is 9.97 Å². The summed E-state index contributed by atoms with van der Waals surface area (Å²) >= 11 is 0. The van der Waals surface area contributed by atoms with Crippen molar-refractivity contribution in [2.45, 2.75) is 6.54 Å². The molecule has 0 spiro atoms. The van der Waals surface area contributed by atoms with Gasteiger partial charge >= 0.3 is 0 Å². The first-order valence-electron chi connectivity index (χ1n) is 8.40. The number of aromatic amines is 2. The molecule has 0 amide bonds. The van der Waals surface area contributed by atoms with Gasteiger partial charge in [-0.2, -0.15) is 0 Å². The van der Waals surface area contributed by atoms with Gasteiger partial charge in [-0.15, -0.1) is 0 Å². The molecule has 5 rings (SSSR count). The monoisotopic (exact) mass is 341 g/mol. The Kier molecular flexibility index (Phi) is 3.02. The highest BCUT2D eigenvalue weighted by Crippen LogP contribution is 2.22. The van der Waals surface area contributed by atoms with Crippen molar-refractivity contribution in [3.05, 3.63) is 80.6 Å². The van der Waals surface area contributed by atoms with E-state index >= 15 is 0 Å². The van der Waals surface area contributed by atoms with Crippen LogP contribution >= 0.6 is 0 Å². The Morgan fingerprint density at radius 3 is 2.12 bits per heavy atom. The van der Waals surface area contributed by atoms with Crippen LogP contribution in [0.3, 0.4) is 0 Å². The third-order valence-corrected chi connectivity index (χ3v) is 4.96. The average molecular weight is 341 g/mol. The molecular formula is C21H15N3O2. The highest BCUT2D eigenvalue weighted by Gasteiger charge is 2.12. The molecule has 0 bridgehead atoms. The van der Waals surface area contributed by atoms with E-state index in [0.29, 0.717) is 39.1 Å². The third kappa shape index (κ3) is 1.95. The molecule has 0 fully saturated rings. The van der Waals surface area contributed by atoms with E-state index in [-0.39, 0.29) is 10.9 Å². The lowest BCUT2D eigenvalue weighted by Gasteiger charge is -2.08. The first-order valence-corrected chi connectivity index (χ1v) is 8.40. The molecule has 2 heterocycles. The fourth-order valence-electron chi connectivity index (χ4n) is 3.68. The van der Waals surface area contributed by atoms with Crippen LogP contribution in [0.4, 0.5) is 0 Å². The van der Waals surface area contributed by atoms with Crippen molar-refractivity contribution in [1.82, 2.24) is 9.97 Å². The molecule has 5 heteroatoms. The predicted octanol–water partition coefficient (Wildman–Crippen LogP) is 3.13. The highest BCUT2D eigenvalue weighted by molar-refractivity contribution is 6.03. The lowest BCUT2D eigenvalue weighted by molar-refractivity contribution is 1.08. The molecule has 0 aliphatic rings. The normalized spacial score (nSPS) is 11.7. The van der Waals surface area contributed by atoms with Gasteiger partial charge in [0.1, 0.15) is 0 Å². The molecule has 5 aromatic rings. The number of benzene rings is 3. The van der Waals surface area contributed by atoms with Gasteiger partial charge in [-0.1, -0.05) is 24.3 Å². The van der Waals surface area contributed by atoms with E-state index in [1.54, 1.807) is 18.2 Å².